The maximum atomic E-state index is 6.08. The van der Waals surface area contributed by atoms with Crippen molar-refractivity contribution in [2.45, 2.75) is 32.7 Å². The Morgan fingerprint density at radius 2 is 2.22 bits per heavy atom. The molecule has 6 heteroatoms. The zero-order chi connectivity index (χ0) is 13.4. The number of nitrogens with one attached hydrogen (secondary N) is 2. The van der Waals surface area contributed by atoms with Crippen molar-refractivity contribution in [1.29, 1.82) is 0 Å². The molecule has 0 bridgehead atoms. The van der Waals surface area contributed by atoms with E-state index in [1.165, 1.54) is 0 Å². The summed E-state index contributed by atoms with van der Waals surface area (Å²) in [7, 11) is 1.68. The number of ether oxygens (including phenoxy) is 1. The molecule has 0 amide bonds. The molecule has 0 aliphatic heterocycles. The standard InChI is InChI=1S/C12H21ClN4O/c1-4-6-14-12-15-7-10(13)11(17-12)16-9(5-2)8-18-3/h7,9H,4-6,8H2,1-3H3,(H2,14,15,16,17). The fourth-order valence-electron chi connectivity index (χ4n) is 1.45. The van der Waals surface area contributed by atoms with Crippen molar-refractivity contribution in [1.82, 2.24) is 9.97 Å². The molecule has 1 unspecified atom stereocenters. The summed E-state index contributed by atoms with van der Waals surface area (Å²) < 4.78 is 5.14. The van der Waals surface area contributed by atoms with Gasteiger partial charge in [0.15, 0.2) is 5.82 Å². The Morgan fingerprint density at radius 1 is 1.44 bits per heavy atom. The Hall–Kier alpha value is -1.07. The highest BCUT2D eigenvalue weighted by Crippen LogP contribution is 2.20. The molecule has 1 aromatic rings. The van der Waals surface area contributed by atoms with Crippen LogP contribution in [-0.2, 0) is 4.74 Å². The zero-order valence-electron chi connectivity index (χ0n) is 11.2. The van der Waals surface area contributed by atoms with E-state index in [4.69, 9.17) is 16.3 Å². The average molecular weight is 273 g/mol. The van der Waals surface area contributed by atoms with Crippen LogP contribution in [0.15, 0.2) is 6.20 Å². The summed E-state index contributed by atoms with van der Waals surface area (Å²) in [4.78, 5) is 8.49. The second-order valence-electron chi connectivity index (χ2n) is 4.02. The molecule has 0 saturated carbocycles. The molecule has 1 atom stereocenters. The predicted molar refractivity (Wildman–Crippen MR) is 75.4 cm³/mol. The molecule has 1 heterocycles. The molecule has 0 aliphatic carbocycles. The van der Waals surface area contributed by atoms with E-state index >= 15 is 0 Å². The number of aromatic nitrogens is 2. The van der Waals surface area contributed by atoms with Gasteiger partial charge in [-0.15, -0.1) is 0 Å². The Bertz CT molecular complexity index is 362. The lowest BCUT2D eigenvalue weighted by molar-refractivity contribution is 0.184. The van der Waals surface area contributed by atoms with E-state index in [-0.39, 0.29) is 6.04 Å². The van der Waals surface area contributed by atoms with Gasteiger partial charge in [0.2, 0.25) is 5.95 Å². The number of methoxy groups -OCH3 is 1. The van der Waals surface area contributed by atoms with Crippen LogP contribution >= 0.6 is 11.6 Å². The van der Waals surface area contributed by atoms with Crippen molar-refractivity contribution in [3.63, 3.8) is 0 Å². The summed E-state index contributed by atoms with van der Waals surface area (Å²) >= 11 is 6.08. The summed E-state index contributed by atoms with van der Waals surface area (Å²) in [6.45, 7) is 5.64. The van der Waals surface area contributed by atoms with Crippen molar-refractivity contribution in [2.24, 2.45) is 0 Å². The van der Waals surface area contributed by atoms with Crippen LogP contribution in [0.2, 0.25) is 5.02 Å². The van der Waals surface area contributed by atoms with Crippen LogP contribution in [0.4, 0.5) is 11.8 Å². The lowest BCUT2D eigenvalue weighted by atomic mass is 10.2. The van der Waals surface area contributed by atoms with E-state index < -0.39 is 0 Å². The van der Waals surface area contributed by atoms with Gasteiger partial charge in [-0.25, -0.2) is 4.98 Å². The van der Waals surface area contributed by atoms with Gasteiger partial charge in [0.25, 0.3) is 0 Å². The summed E-state index contributed by atoms with van der Waals surface area (Å²) in [6.07, 6.45) is 3.57. The molecule has 0 fully saturated rings. The fraction of sp³-hybridized carbons (Fsp3) is 0.667. The number of halogens is 1. The van der Waals surface area contributed by atoms with Crippen molar-refractivity contribution >= 4 is 23.4 Å². The first-order chi connectivity index (χ1) is 8.71. The highest BCUT2D eigenvalue weighted by Gasteiger charge is 2.10. The van der Waals surface area contributed by atoms with Crippen LogP contribution in [0, 0.1) is 0 Å². The second-order valence-corrected chi connectivity index (χ2v) is 4.43. The second kappa shape index (κ2) is 8.11. The molecule has 2 N–H and O–H groups in total. The first-order valence-corrected chi connectivity index (χ1v) is 6.60. The van der Waals surface area contributed by atoms with Gasteiger partial charge in [-0.05, 0) is 12.8 Å². The Kier molecular flexibility index (Phi) is 6.75. The van der Waals surface area contributed by atoms with E-state index in [0.29, 0.717) is 23.4 Å². The van der Waals surface area contributed by atoms with E-state index in [1.54, 1.807) is 13.3 Å². The first kappa shape index (κ1) is 15.0. The fourth-order valence-corrected chi connectivity index (χ4v) is 1.59. The highest BCUT2D eigenvalue weighted by atomic mass is 35.5. The average Bonchev–Trinajstić information content (AvgIpc) is 2.38. The van der Waals surface area contributed by atoms with Gasteiger partial charge < -0.3 is 15.4 Å². The molecule has 0 saturated heterocycles. The van der Waals surface area contributed by atoms with E-state index in [1.807, 2.05) is 0 Å². The normalized spacial score (nSPS) is 12.2. The summed E-state index contributed by atoms with van der Waals surface area (Å²) in [5, 5.41) is 6.92. The summed E-state index contributed by atoms with van der Waals surface area (Å²) in [5.74, 6) is 1.24. The van der Waals surface area contributed by atoms with Crippen LogP contribution in [0.1, 0.15) is 26.7 Å². The summed E-state index contributed by atoms with van der Waals surface area (Å²) in [5.41, 5.74) is 0. The molecule has 5 nitrogen and oxygen atoms in total. The van der Waals surface area contributed by atoms with Gasteiger partial charge in [-0.2, -0.15) is 4.98 Å². The van der Waals surface area contributed by atoms with Crippen LogP contribution in [0.3, 0.4) is 0 Å². The monoisotopic (exact) mass is 272 g/mol. The van der Waals surface area contributed by atoms with Crippen LogP contribution in [-0.4, -0.2) is 36.3 Å². The number of rotatable bonds is 8. The Morgan fingerprint density at radius 3 is 2.83 bits per heavy atom. The molecule has 0 aromatic carbocycles. The first-order valence-electron chi connectivity index (χ1n) is 6.23. The molecule has 0 aliphatic rings. The molecule has 1 rings (SSSR count). The van der Waals surface area contributed by atoms with E-state index in [9.17, 15) is 0 Å². The highest BCUT2D eigenvalue weighted by molar-refractivity contribution is 6.32. The SMILES string of the molecule is CCCNc1ncc(Cl)c(NC(CC)COC)n1. The van der Waals surface area contributed by atoms with Gasteiger partial charge >= 0.3 is 0 Å². The van der Waals surface area contributed by atoms with Crippen LogP contribution in [0.25, 0.3) is 0 Å². The molecule has 1 aromatic heterocycles. The van der Waals surface area contributed by atoms with Gasteiger partial charge in [-0.3, -0.25) is 0 Å². The smallest absolute Gasteiger partial charge is 0.224 e. The topological polar surface area (TPSA) is 59.1 Å². The minimum atomic E-state index is 0.196. The van der Waals surface area contributed by atoms with Crippen molar-refractivity contribution in [3.05, 3.63) is 11.2 Å². The largest absolute Gasteiger partial charge is 0.383 e. The maximum Gasteiger partial charge on any atom is 0.224 e. The van der Waals surface area contributed by atoms with E-state index in [0.717, 1.165) is 19.4 Å². The van der Waals surface area contributed by atoms with E-state index in [2.05, 4.69) is 34.4 Å². The minimum absolute atomic E-state index is 0.196. The third kappa shape index (κ3) is 4.66. The van der Waals surface area contributed by atoms with Crippen molar-refractivity contribution in [3.8, 4) is 0 Å². The lowest BCUT2D eigenvalue weighted by Gasteiger charge is -2.17. The third-order valence-electron chi connectivity index (χ3n) is 2.48. The predicted octanol–water partition coefficient (Wildman–Crippen LogP) is 2.79. The number of hydrogen-bond acceptors (Lipinski definition) is 5. The van der Waals surface area contributed by atoms with Gasteiger partial charge in [0, 0.05) is 13.7 Å². The molecule has 102 valence electrons. The number of hydrogen-bond donors (Lipinski definition) is 2. The van der Waals surface area contributed by atoms with Gasteiger partial charge in [0.05, 0.1) is 18.8 Å². The Labute approximate surface area is 113 Å². The molecule has 18 heavy (non-hydrogen) atoms. The number of anilines is 2. The molecule has 0 radical (unpaired) electrons. The Balaban J connectivity index is 2.73. The van der Waals surface area contributed by atoms with Crippen LogP contribution < -0.4 is 10.6 Å². The molecular formula is C12H21ClN4O. The van der Waals surface area contributed by atoms with Crippen molar-refractivity contribution < 1.29 is 4.74 Å². The quantitative estimate of drug-likeness (QED) is 0.762. The van der Waals surface area contributed by atoms with Crippen LogP contribution in [0.5, 0.6) is 0 Å². The third-order valence-corrected chi connectivity index (χ3v) is 2.76. The molecule has 0 spiro atoms. The maximum absolute atomic E-state index is 6.08. The summed E-state index contributed by atoms with van der Waals surface area (Å²) in [6, 6.07) is 0.196. The lowest BCUT2D eigenvalue weighted by Crippen LogP contribution is -2.25. The van der Waals surface area contributed by atoms with Gasteiger partial charge in [0.1, 0.15) is 5.02 Å². The van der Waals surface area contributed by atoms with Gasteiger partial charge in [-0.1, -0.05) is 25.4 Å². The minimum Gasteiger partial charge on any atom is -0.383 e. The number of nitrogens with zero attached hydrogens (tertiary/aromatic N) is 2. The van der Waals surface area contributed by atoms with Crippen molar-refractivity contribution in [2.75, 3.05) is 30.9 Å². The molecular weight excluding hydrogens is 252 g/mol. The zero-order valence-corrected chi connectivity index (χ0v) is 11.9.